The van der Waals surface area contributed by atoms with Gasteiger partial charge in [0, 0.05) is 39.8 Å². The van der Waals surface area contributed by atoms with E-state index in [9.17, 15) is 8.42 Å². The fraction of sp³-hybridized carbons (Fsp3) is 1.00. The van der Waals surface area contributed by atoms with Crippen LogP contribution in [0.1, 0.15) is 32.1 Å². The van der Waals surface area contributed by atoms with E-state index in [1.807, 2.05) is 0 Å². The summed E-state index contributed by atoms with van der Waals surface area (Å²) in [5.41, 5.74) is 0. The van der Waals surface area contributed by atoms with Crippen LogP contribution in [0.4, 0.5) is 0 Å². The molecule has 0 amide bonds. The summed E-state index contributed by atoms with van der Waals surface area (Å²) in [6, 6.07) is 0.160. The molecule has 1 saturated carbocycles. The number of rotatable bonds is 9. The zero-order valence-corrected chi connectivity index (χ0v) is 12.8. The maximum Gasteiger partial charge on any atom is 0.279 e. The highest BCUT2D eigenvalue weighted by atomic mass is 32.2. The third kappa shape index (κ3) is 6.18. The van der Waals surface area contributed by atoms with Crippen molar-refractivity contribution in [2.75, 3.05) is 40.4 Å². The van der Waals surface area contributed by atoms with Crippen molar-refractivity contribution >= 4 is 10.2 Å². The lowest BCUT2D eigenvalue weighted by molar-refractivity contribution is 0.199. The molecule has 2 N–H and O–H groups in total. The number of methoxy groups -OCH3 is 1. The Kier molecular flexibility index (Phi) is 7.86. The summed E-state index contributed by atoms with van der Waals surface area (Å²) in [5, 5.41) is 3.11. The first-order chi connectivity index (χ1) is 9.08. The lowest BCUT2D eigenvalue weighted by atomic mass is 9.96. The summed E-state index contributed by atoms with van der Waals surface area (Å²) in [5.74, 6) is 0. The quantitative estimate of drug-likeness (QED) is 0.601. The summed E-state index contributed by atoms with van der Waals surface area (Å²) < 4.78 is 33.2. The lowest BCUT2D eigenvalue weighted by Gasteiger charge is -2.30. The predicted molar refractivity (Wildman–Crippen MR) is 76.3 cm³/mol. The molecule has 19 heavy (non-hydrogen) atoms. The normalized spacial score (nSPS) is 18.1. The smallest absolute Gasteiger partial charge is 0.279 e. The number of nitrogens with zero attached hydrogens (tertiary/aromatic N) is 1. The monoisotopic (exact) mass is 293 g/mol. The van der Waals surface area contributed by atoms with Crippen LogP contribution in [0.2, 0.25) is 0 Å². The Bertz CT molecular complexity index is 329. The Hall–Kier alpha value is -0.210. The van der Waals surface area contributed by atoms with E-state index >= 15 is 0 Å². The summed E-state index contributed by atoms with van der Waals surface area (Å²) >= 11 is 0. The maximum absolute atomic E-state index is 12.1. The molecule has 114 valence electrons. The molecule has 0 atom stereocenters. The highest BCUT2D eigenvalue weighted by molar-refractivity contribution is 7.87. The highest BCUT2D eigenvalue weighted by Crippen LogP contribution is 2.22. The molecule has 1 aliphatic carbocycles. The van der Waals surface area contributed by atoms with Crippen molar-refractivity contribution in [2.45, 2.75) is 38.1 Å². The van der Waals surface area contributed by atoms with Gasteiger partial charge in [-0.25, -0.2) is 4.72 Å². The molecule has 1 aliphatic rings. The van der Waals surface area contributed by atoms with Gasteiger partial charge in [0.25, 0.3) is 10.2 Å². The first-order valence-electron chi connectivity index (χ1n) is 7.00. The minimum absolute atomic E-state index is 0.160. The molecule has 0 unspecified atom stereocenters. The van der Waals surface area contributed by atoms with Gasteiger partial charge in [0.2, 0.25) is 0 Å². The van der Waals surface area contributed by atoms with Crippen LogP contribution in [-0.2, 0) is 14.9 Å². The molecule has 0 aromatic heterocycles. The fourth-order valence-electron chi connectivity index (χ4n) is 2.31. The van der Waals surface area contributed by atoms with Gasteiger partial charge in [-0.05, 0) is 12.8 Å². The molecule has 1 rings (SSSR count). The Morgan fingerprint density at radius 3 is 2.47 bits per heavy atom. The van der Waals surface area contributed by atoms with Gasteiger partial charge in [-0.15, -0.1) is 0 Å². The second kappa shape index (κ2) is 8.86. The van der Waals surface area contributed by atoms with E-state index in [1.54, 1.807) is 14.2 Å². The van der Waals surface area contributed by atoms with Gasteiger partial charge < -0.3 is 10.1 Å². The fourth-order valence-corrected chi connectivity index (χ4v) is 3.48. The van der Waals surface area contributed by atoms with E-state index in [2.05, 4.69) is 10.0 Å². The number of ether oxygens (including phenoxy) is 1. The molecule has 0 aromatic rings. The van der Waals surface area contributed by atoms with Gasteiger partial charge >= 0.3 is 0 Å². The van der Waals surface area contributed by atoms with Crippen LogP contribution in [0.5, 0.6) is 0 Å². The molecule has 1 fully saturated rings. The minimum Gasteiger partial charge on any atom is -0.383 e. The van der Waals surface area contributed by atoms with E-state index in [4.69, 9.17) is 4.74 Å². The van der Waals surface area contributed by atoms with Crippen molar-refractivity contribution in [3.05, 3.63) is 0 Å². The Morgan fingerprint density at radius 1 is 1.16 bits per heavy atom. The zero-order chi connectivity index (χ0) is 14.1. The minimum atomic E-state index is -3.34. The first kappa shape index (κ1) is 16.8. The average Bonchev–Trinajstić information content (AvgIpc) is 2.43. The molecular formula is C12H27N3O3S. The van der Waals surface area contributed by atoms with Crippen LogP contribution in [0, 0.1) is 0 Å². The standard InChI is InChI=1S/C12H27N3O3S/c1-15(12-6-4-3-5-7-12)19(16,17)14-9-8-13-10-11-18-2/h12-14H,3-11H2,1-2H3. The summed E-state index contributed by atoms with van der Waals surface area (Å²) in [6.45, 7) is 2.38. The maximum atomic E-state index is 12.1. The second-order valence-corrected chi connectivity index (χ2v) is 6.76. The number of nitrogens with one attached hydrogen (secondary N) is 2. The lowest BCUT2D eigenvalue weighted by Crippen LogP contribution is -2.46. The van der Waals surface area contributed by atoms with Gasteiger partial charge in [-0.1, -0.05) is 19.3 Å². The van der Waals surface area contributed by atoms with Crippen molar-refractivity contribution < 1.29 is 13.2 Å². The predicted octanol–water partition coefficient (Wildman–Crippen LogP) is 0.321. The van der Waals surface area contributed by atoms with E-state index in [0.717, 1.165) is 32.2 Å². The Labute approximate surface area is 117 Å². The van der Waals surface area contributed by atoms with Crippen molar-refractivity contribution in [3.8, 4) is 0 Å². The highest BCUT2D eigenvalue weighted by Gasteiger charge is 2.26. The largest absolute Gasteiger partial charge is 0.383 e. The third-order valence-electron chi connectivity index (χ3n) is 3.54. The van der Waals surface area contributed by atoms with Crippen LogP contribution in [0.25, 0.3) is 0 Å². The van der Waals surface area contributed by atoms with Crippen molar-refractivity contribution in [2.24, 2.45) is 0 Å². The summed E-state index contributed by atoms with van der Waals surface area (Å²) in [6.07, 6.45) is 5.43. The number of hydrogen-bond donors (Lipinski definition) is 2. The Balaban J connectivity index is 2.25. The van der Waals surface area contributed by atoms with Gasteiger partial charge in [-0.3, -0.25) is 0 Å². The van der Waals surface area contributed by atoms with Gasteiger partial charge in [0.1, 0.15) is 0 Å². The van der Waals surface area contributed by atoms with Crippen molar-refractivity contribution in [1.29, 1.82) is 0 Å². The molecule has 0 radical (unpaired) electrons. The zero-order valence-electron chi connectivity index (χ0n) is 12.0. The molecule has 0 aromatic carbocycles. The van der Waals surface area contributed by atoms with Crippen LogP contribution < -0.4 is 10.0 Å². The van der Waals surface area contributed by atoms with E-state index < -0.39 is 10.2 Å². The third-order valence-corrected chi connectivity index (χ3v) is 5.16. The van der Waals surface area contributed by atoms with Crippen molar-refractivity contribution in [1.82, 2.24) is 14.3 Å². The van der Waals surface area contributed by atoms with E-state index in [1.165, 1.54) is 10.7 Å². The van der Waals surface area contributed by atoms with Gasteiger partial charge in [-0.2, -0.15) is 12.7 Å². The van der Waals surface area contributed by atoms with Crippen LogP contribution in [-0.4, -0.2) is 59.2 Å². The van der Waals surface area contributed by atoms with E-state index in [-0.39, 0.29) is 6.04 Å². The average molecular weight is 293 g/mol. The molecular weight excluding hydrogens is 266 g/mol. The SMILES string of the molecule is COCCNCCNS(=O)(=O)N(C)C1CCCCC1. The van der Waals surface area contributed by atoms with Crippen LogP contribution >= 0.6 is 0 Å². The summed E-state index contributed by atoms with van der Waals surface area (Å²) in [4.78, 5) is 0. The van der Waals surface area contributed by atoms with Gasteiger partial charge in [0.05, 0.1) is 6.61 Å². The Morgan fingerprint density at radius 2 is 1.84 bits per heavy atom. The summed E-state index contributed by atoms with van der Waals surface area (Å²) in [7, 11) is -0.0209. The number of hydrogen-bond acceptors (Lipinski definition) is 4. The van der Waals surface area contributed by atoms with Crippen LogP contribution in [0.15, 0.2) is 0 Å². The topological polar surface area (TPSA) is 70.7 Å². The molecule has 0 aliphatic heterocycles. The molecule has 6 nitrogen and oxygen atoms in total. The van der Waals surface area contributed by atoms with Crippen LogP contribution in [0.3, 0.4) is 0 Å². The van der Waals surface area contributed by atoms with Crippen molar-refractivity contribution in [3.63, 3.8) is 0 Å². The molecule has 0 heterocycles. The van der Waals surface area contributed by atoms with E-state index in [0.29, 0.717) is 19.7 Å². The first-order valence-corrected chi connectivity index (χ1v) is 8.44. The second-order valence-electron chi connectivity index (χ2n) is 4.95. The molecule has 7 heteroatoms. The molecule has 0 spiro atoms. The van der Waals surface area contributed by atoms with Gasteiger partial charge in [0.15, 0.2) is 0 Å². The molecule has 0 saturated heterocycles. The molecule has 0 bridgehead atoms.